The monoisotopic (exact) mass is 236 g/mol. The van der Waals surface area contributed by atoms with Crippen LogP contribution >= 0.6 is 0 Å². The lowest BCUT2D eigenvalue weighted by molar-refractivity contribution is 0.156. The summed E-state index contributed by atoms with van der Waals surface area (Å²) in [6, 6.07) is 0. The molecule has 1 aromatic rings. The van der Waals surface area contributed by atoms with Crippen LogP contribution in [0.15, 0.2) is 6.20 Å². The van der Waals surface area contributed by atoms with E-state index in [1.807, 2.05) is 17.9 Å². The van der Waals surface area contributed by atoms with E-state index >= 15 is 0 Å². The first kappa shape index (κ1) is 12.6. The van der Waals surface area contributed by atoms with E-state index in [1.165, 1.54) is 32.1 Å². The van der Waals surface area contributed by atoms with Crippen molar-refractivity contribution in [3.8, 4) is 0 Å². The smallest absolute Gasteiger partial charge is 0.0823 e. The Labute approximate surface area is 104 Å². The van der Waals surface area contributed by atoms with E-state index < -0.39 is 0 Å². The standard InChI is InChI=1S/C14H24N2O/c1-3-13-12(10-16(2)15-13)14(17)9-8-11-6-4-5-7-11/h10-11,14,17H,3-9H2,1-2H3. The van der Waals surface area contributed by atoms with E-state index in [0.717, 1.165) is 30.0 Å². The Hall–Kier alpha value is -0.830. The zero-order valence-corrected chi connectivity index (χ0v) is 11.0. The number of aromatic nitrogens is 2. The molecule has 0 spiro atoms. The summed E-state index contributed by atoms with van der Waals surface area (Å²) >= 11 is 0. The molecule has 0 saturated heterocycles. The molecular formula is C14H24N2O. The summed E-state index contributed by atoms with van der Waals surface area (Å²) in [6.07, 6.45) is 10.1. The second-order valence-corrected chi connectivity index (χ2v) is 5.30. The summed E-state index contributed by atoms with van der Waals surface area (Å²) in [6.45, 7) is 2.09. The highest BCUT2D eigenvalue weighted by Gasteiger charge is 2.19. The first-order valence-corrected chi connectivity index (χ1v) is 6.91. The van der Waals surface area contributed by atoms with Crippen molar-refractivity contribution < 1.29 is 5.11 Å². The minimum absolute atomic E-state index is 0.320. The molecule has 96 valence electrons. The van der Waals surface area contributed by atoms with Crippen molar-refractivity contribution in [1.82, 2.24) is 9.78 Å². The Morgan fingerprint density at radius 1 is 1.47 bits per heavy atom. The number of aliphatic hydroxyl groups excluding tert-OH is 1. The summed E-state index contributed by atoms with van der Waals surface area (Å²) in [5, 5.41) is 14.6. The SMILES string of the molecule is CCc1nn(C)cc1C(O)CCC1CCCC1. The van der Waals surface area contributed by atoms with Crippen molar-refractivity contribution >= 4 is 0 Å². The minimum Gasteiger partial charge on any atom is -0.388 e. The third-order valence-electron chi connectivity index (χ3n) is 3.95. The predicted octanol–water partition coefficient (Wildman–Crippen LogP) is 2.99. The highest BCUT2D eigenvalue weighted by molar-refractivity contribution is 5.19. The fourth-order valence-corrected chi connectivity index (χ4v) is 2.95. The van der Waals surface area contributed by atoms with Gasteiger partial charge in [0.2, 0.25) is 0 Å². The third kappa shape index (κ3) is 3.09. The molecule has 3 nitrogen and oxygen atoms in total. The van der Waals surface area contributed by atoms with Crippen molar-refractivity contribution in [1.29, 1.82) is 0 Å². The highest BCUT2D eigenvalue weighted by atomic mass is 16.3. The molecule has 1 aromatic heterocycles. The maximum absolute atomic E-state index is 10.3. The Bertz CT molecular complexity index is 353. The van der Waals surface area contributed by atoms with Crippen LogP contribution in [0.4, 0.5) is 0 Å². The largest absolute Gasteiger partial charge is 0.388 e. The number of rotatable bonds is 5. The van der Waals surface area contributed by atoms with Crippen LogP contribution in [0.25, 0.3) is 0 Å². The van der Waals surface area contributed by atoms with E-state index in [2.05, 4.69) is 12.0 Å². The van der Waals surface area contributed by atoms with Gasteiger partial charge in [-0.25, -0.2) is 0 Å². The molecule has 1 aliphatic carbocycles. The first-order valence-electron chi connectivity index (χ1n) is 6.91. The van der Waals surface area contributed by atoms with Gasteiger partial charge in [0.15, 0.2) is 0 Å². The maximum atomic E-state index is 10.3. The maximum Gasteiger partial charge on any atom is 0.0823 e. The topological polar surface area (TPSA) is 38.0 Å². The predicted molar refractivity (Wildman–Crippen MR) is 68.7 cm³/mol. The second kappa shape index (κ2) is 5.67. The van der Waals surface area contributed by atoms with Crippen LogP contribution in [0.3, 0.4) is 0 Å². The highest BCUT2D eigenvalue weighted by Crippen LogP contribution is 2.32. The molecule has 0 aliphatic heterocycles. The summed E-state index contributed by atoms with van der Waals surface area (Å²) in [4.78, 5) is 0. The Morgan fingerprint density at radius 2 is 2.18 bits per heavy atom. The molecule has 1 aliphatic rings. The normalized spacial score (nSPS) is 18.8. The molecule has 17 heavy (non-hydrogen) atoms. The molecule has 3 heteroatoms. The zero-order valence-electron chi connectivity index (χ0n) is 11.0. The van der Waals surface area contributed by atoms with Gasteiger partial charge in [-0.05, 0) is 25.2 Å². The number of aryl methyl sites for hydroxylation is 2. The second-order valence-electron chi connectivity index (χ2n) is 5.30. The molecule has 0 radical (unpaired) electrons. The summed E-state index contributed by atoms with van der Waals surface area (Å²) in [5.41, 5.74) is 2.08. The van der Waals surface area contributed by atoms with Crippen LogP contribution in [0.2, 0.25) is 0 Å². The molecule has 1 fully saturated rings. The van der Waals surface area contributed by atoms with Gasteiger partial charge in [-0.1, -0.05) is 32.6 Å². The third-order valence-corrected chi connectivity index (χ3v) is 3.95. The molecule has 1 saturated carbocycles. The average molecular weight is 236 g/mol. The molecule has 1 N–H and O–H groups in total. The van der Waals surface area contributed by atoms with E-state index in [-0.39, 0.29) is 6.10 Å². The number of nitrogens with zero attached hydrogens (tertiary/aromatic N) is 2. The quantitative estimate of drug-likeness (QED) is 0.853. The van der Waals surface area contributed by atoms with Crippen LogP contribution in [0.5, 0.6) is 0 Å². The van der Waals surface area contributed by atoms with E-state index in [9.17, 15) is 5.11 Å². The first-order chi connectivity index (χ1) is 8.20. The Balaban J connectivity index is 1.91. The van der Waals surface area contributed by atoms with Crippen molar-refractivity contribution in [2.24, 2.45) is 13.0 Å². The summed E-state index contributed by atoms with van der Waals surface area (Å²) in [5.74, 6) is 0.853. The van der Waals surface area contributed by atoms with Crippen LogP contribution in [-0.4, -0.2) is 14.9 Å². The number of hydrogen-bond acceptors (Lipinski definition) is 2. The lowest BCUT2D eigenvalue weighted by Crippen LogP contribution is -2.03. The van der Waals surface area contributed by atoms with Crippen molar-refractivity contribution in [2.75, 3.05) is 0 Å². The molecule has 0 amide bonds. The average Bonchev–Trinajstić information content (AvgIpc) is 2.94. The molecule has 1 heterocycles. The Kier molecular flexibility index (Phi) is 4.21. The molecule has 0 bridgehead atoms. The fraction of sp³-hybridized carbons (Fsp3) is 0.786. The van der Waals surface area contributed by atoms with Gasteiger partial charge in [0.25, 0.3) is 0 Å². The molecule has 0 aromatic carbocycles. The van der Waals surface area contributed by atoms with Crippen molar-refractivity contribution in [2.45, 2.75) is 58.0 Å². The number of aliphatic hydroxyl groups is 1. The van der Waals surface area contributed by atoms with Crippen molar-refractivity contribution in [3.05, 3.63) is 17.5 Å². The van der Waals surface area contributed by atoms with Gasteiger partial charge in [-0.2, -0.15) is 5.10 Å². The summed E-state index contributed by atoms with van der Waals surface area (Å²) < 4.78 is 1.81. The van der Waals surface area contributed by atoms with E-state index in [4.69, 9.17) is 0 Å². The van der Waals surface area contributed by atoms with Gasteiger partial charge < -0.3 is 5.11 Å². The van der Waals surface area contributed by atoms with Crippen molar-refractivity contribution in [3.63, 3.8) is 0 Å². The van der Waals surface area contributed by atoms with Crippen LogP contribution < -0.4 is 0 Å². The number of hydrogen-bond donors (Lipinski definition) is 1. The van der Waals surface area contributed by atoms with Gasteiger partial charge in [-0.15, -0.1) is 0 Å². The van der Waals surface area contributed by atoms with E-state index in [0.29, 0.717) is 0 Å². The lowest BCUT2D eigenvalue weighted by Gasteiger charge is -2.13. The summed E-state index contributed by atoms with van der Waals surface area (Å²) in [7, 11) is 1.92. The van der Waals surface area contributed by atoms with E-state index in [1.54, 1.807) is 0 Å². The van der Waals surface area contributed by atoms with Crippen LogP contribution in [-0.2, 0) is 13.5 Å². The molecule has 1 unspecified atom stereocenters. The van der Waals surface area contributed by atoms with Gasteiger partial charge in [0, 0.05) is 18.8 Å². The van der Waals surface area contributed by atoms with Crippen LogP contribution in [0, 0.1) is 5.92 Å². The lowest BCUT2D eigenvalue weighted by atomic mass is 9.96. The zero-order chi connectivity index (χ0) is 12.3. The molecule has 2 rings (SSSR count). The fourth-order valence-electron chi connectivity index (χ4n) is 2.95. The molecular weight excluding hydrogens is 212 g/mol. The molecule has 1 atom stereocenters. The van der Waals surface area contributed by atoms with Gasteiger partial charge >= 0.3 is 0 Å². The van der Waals surface area contributed by atoms with Gasteiger partial charge in [0.05, 0.1) is 11.8 Å². The van der Waals surface area contributed by atoms with Crippen LogP contribution in [0.1, 0.15) is 62.8 Å². The minimum atomic E-state index is -0.320. The Morgan fingerprint density at radius 3 is 2.82 bits per heavy atom. The van der Waals surface area contributed by atoms with Gasteiger partial charge in [-0.3, -0.25) is 4.68 Å². The van der Waals surface area contributed by atoms with Gasteiger partial charge in [0.1, 0.15) is 0 Å².